The predicted octanol–water partition coefficient (Wildman–Crippen LogP) is 5.28. The Morgan fingerprint density at radius 3 is 2.38 bits per heavy atom. The molecule has 1 unspecified atom stereocenters. The molecule has 182 valence electrons. The van der Waals surface area contributed by atoms with Crippen LogP contribution in [-0.4, -0.2) is 36.8 Å². The molecule has 1 amide bonds. The molecule has 5 nitrogen and oxygen atoms in total. The number of aliphatic hydroxyl groups is 1. The molecule has 4 aliphatic rings. The standard InChI is InChI=1S/C27H32ClFN2O3/c28-20-1-6-25(24(10-20)26(33)31-22-4-2-21(29)3-5-22)34-15-23(32)14-30-16-27-11-17-7-18(12-27)9-19(8-17)13-27/h1-6,10,17-19,23,30,32H,7-9,11-16H2,(H,31,33). The lowest BCUT2D eigenvalue weighted by Gasteiger charge is -2.57. The first-order valence-corrected chi connectivity index (χ1v) is 12.6. The van der Waals surface area contributed by atoms with E-state index in [1.807, 2.05) is 0 Å². The number of hydrogen-bond acceptors (Lipinski definition) is 4. The molecule has 0 aliphatic heterocycles. The number of carbonyl (C=O) groups excluding carboxylic acids is 1. The minimum Gasteiger partial charge on any atom is -0.490 e. The average molecular weight is 487 g/mol. The van der Waals surface area contributed by atoms with Crippen LogP contribution in [0.5, 0.6) is 5.75 Å². The lowest BCUT2D eigenvalue weighted by Crippen LogP contribution is -2.51. The Kier molecular flexibility index (Phi) is 6.83. The summed E-state index contributed by atoms with van der Waals surface area (Å²) in [6.07, 6.45) is 7.56. The minimum atomic E-state index is -0.697. The summed E-state index contributed by atoms with van der Waals surface area (Å²) in [4.78, 5) is 12.8. The van der Waals surface area contributed by atoms with E-state index in [-0.39, 0.29) is 18.0 Å². The Balaban J connectivity index is 1.13. The molecule has 2 aromatic rings. The maximum absolute atomic E-state index is 13.1. The lowest BCUT2D eigenvalue weighted by molar-refractivity contribution is -0.0524. The van der Waals surface area contributed by atoms with Gasteiger partial charge in [0.25, 0.3) is 5.91 Å². The molecule has 34 heavy (non-hydrogen) atoms. The highest BCUT2D eigenvalue weighted by atomic mass is 35.5. The van der Waals surface area contributed by atoms with Crippen LogP contribution < -0.4 is 15.4 Å². The summed E-state index contributed by atoms with van der Waals surface area (Å²) in [5.74, 6) is 2.26. The van der Waals surface area contributed by atoms with E-state index in [1.165, 1.54) is 68.9 Å². The van der Waals surface area contributed by atoms with Crippen molar-refractivity contribution < 1.29 is 19.0 Å². The van der Waals surface area contributed by atoms with Crippen LogP contribution in [0.2, 0.25) is 5.02 Å². The van der Waals surface area contributed by atoms with Crippen LogP contribution >= 0.6 is 11.6 Å². The molecule has 0 spiro atoms. The van der Waals surface area contributed by atoms with Crippen LogP contribution in [0.15, 0.2) is 42.5 Å². The molecule has 2 aromatic carbocycles. The molecule has 0 aromatic heterocycles. The van der Waals surface area contributed by atoms with Crippen molar-refractivity contribution in [2.75, 3.05) is 25.0 Å². The molecule has 4 fully saturated rings. The zero-order valence-electron chi connectivity index (χ0n) is 19.2. The van der Waals surface area contributed by atoms with Crippen molar-refractivity contribution in [1.29, 1.82) is 0 Å². The van der Waals surface area contributed by atoms with Gasteiger partial charge in [0, 0.05) is 23.8 Å². The van der Waals surface area contributed by atoms with Gasteiger partial charge in [0.15, 0.2) is 0 Å². The Morgan fingerprint density at radius 1 is 1.09 bits per heavy atom. The van der Waals surface area contributed by atoms with Gasteiger partial charge in [0.1, 0.15) is 24.3 Å². The number of nitrogens with one attached hydrogen (secondary N) is 2. The first kappa shape index (κ1) is 23.6. The highest BCUT2D eigenvalue weighted by Gasteiger charge is 2.50. The molecule has 4 saturated carbocycles. The average Bonchev–Trinajstić information content (AvgIpc) is 2.78. The van der Waals surface area contributed by atoms with E-state index < -0.39 is 12.0 Å². The molecule has 3 N–H and O–H groups in total. The van der Waals surface area contributed by atoms with Gasteiger partial charge in [-0.3, -0.25) is 4.79 Å². The lowest BCUT2D eigenvalue weighted by atomic mass is 9.49. The maximum atomic E-state index is 13.1. The Bertz CT molecular complexity index is 994. The Hall–Kier alpha value is -2.15. The molecule has 6 rings (SSSR count). The fourth-order valence-electron chi connectivity index (χ4n) is 6.79. The zero-order chi connectivity index (χ0) is 23.7. The quantitative estimate of drug-likeness (QED) is 0.451. The maximum Gasteiger partial charge on any atom is 0.259 e. The summed E-state index contributed by atoms with van der Waals surface area (Å²) in [5, 5.41) is 17.1. The molecule has 0 heterocycles. The largest absolute Gasteiger partial charge is 0.490 e. The van der Waals surface area contributed by atoms with Gasteiger partial charge in [-0.2, -0.15) is 0 Å². The number of halogens is 2. The van der Waals surface area contributed by atoms with Crippen molar-refractivity contribution in [3.8, 4) is 5.75 Å². The number of rotatable bonds is 9. The molecular weight excluding hydrogens is 455 g/mol. The number of hydrogen-bond donors (Lipinski definition) is 3. The summed E-state index contributed by atoms with van der Waals surface area (Å²) in [5.41, 5.74) is 1.13. The van der Waals surface area contributed by atoms with Gasteiger partial charge < -0.3 is 20.5 Å². The van der Waals surface area contributed by atoms with Crippen LogP contribution in [0, 0.1) is 29.0 Å². The third kappa shape index (κ3) is 5.40. The van der Waals surface area contributed by atoms with E-state index in [1.54, 1.807) is 12.1 Å². The fourth-order valence-corrected chi connectivity index (χ4v) is 6.96. The molecule has 0 radical (unpaired) electrons. The Morgan fingerprint density at radius 2 is 1.74 bits per heavy atom. The van der Waals surface area contributed by atoms with E-state index in [2.05, 4.69) is 10.6 Å². The number of benzene rings is 2. The fraction of sp³-hybridized carbons (Fsp3) is 0.519. The van der Waals surface area contributed by atoms with Crippen molar-refractivity contribution in [3.63, 3.8) is 0 Å². The molecule has 0 saturated heterocycles. The van der Waals surface area contributed by atoms with Gasteiger partial charge in [-0.05, 0) is 104 Å². The van der Waals surface area contributed by atoms with Gasteiger partial charge in [-0.1, -0.05) is 11.6 Å². The Labute approximate surface area is 205 Å². The summed E-state index contributed by atoms with van der Waals surface area (Å²) < 4.78 is 18.9. The second-order valence-electron chi connectivity index (χ2n) is 10.6. The highest BCUT2D eigenvalue weighted by molar-refractivity contribution is 6.31. The van der Waals surface area contributed by atoms with Gasteiger partial charge in [0.05, 0.1) is 5.56 Å². The number of aliphatic hydroxyl groups excluding tert-OH is 1. The zero-order valence-corrected chi connectivity index (χ0v) is 20.0. The number of anilines is 1. The second kappa shape index (κ2) is 9.84. The monoisotopic (exact) mass is 486 g/mol. The first-order valence-electron chi connectivity index (χ1n) is 12.3. The van der Waals surface area contributed by atoms with E-state index in [9.17, 15) is 14.3 Å². The number of ether oxygens (including phenoxy) is 1. The molecule has 1 atom stereocenters. The number of carbonyl (C=O) groups is 1. The van der Waals surface area contributed by atoms with Crippen molar-refractivity contribution in [1.82, 2.24) is 5.32 Å². The van der Waals surface area contributed by atoms with Crippen LogP contribution in [0.25, 0.3) is 0 Å². The van der Waals surface area contributed by atoms with Crippen LogP contribution in [0.3, 0.4) is 0 Å². The third-order valence-electron chi connectivity index (χ3n) is 7.76. The van der Waals surface area contributed by atoms with Crippen LogP contribution in [-0.2, 0) is 0 Å². The SMILES string of the molecule is O=C(Nc1ccc(F)cc1)c1cc(Cl)ccc1OCC(O)CNCC12CC3CC(CC(C3)C1)C2. The van der Waals surface area contributed by atoms with Gasteiger partial charge >= 0.3 is 0 Å². The highest BCUT2D eigenvalue weighted by Crippen LogP contribution is 2.59. The van der Waals surface area contributed by atoms with Crippen molar-refractivity contribution in [2.45, 2.75) is 44.6 Å². The molecule has 4 aliphatic carbocycles. The number of amides is 1. The summed E-state index contributed by atoms with van der Waals surface area (Å²) in [6, 6.07) is 10.3. The predicted molar refractivity (Wildman–Crippen MR) is 131 cm³/mol. The van der Waals surface area contributed by atoms with E-state index in [0.717, 1.165) is 24.3 Å². The van der Waals surface area contributed by atoms with Crippen molar-refractivity contribution in [2.24, 2.45) is 23.2 Å². The summed E-state index contributed by atoms with van der Waals surface area (Å²) in [7, 11) is 0. The van der Waals surface area contributed by atoms with Gasteiger partial charge in [0.2, 0.25) is 0 Å². The third-order valence-corrected chi connectivity index (χ3v) is 8.00. The second-order valence-corrected chi connectivity index (χ2v) is 11.1. The summed E-state index contributed by atoms with van der Waals surface area (Å²) >= 11 is 6.10. The summed E-state index contributed by atoms with van der Waals surface area (Å²) in [6.45, 7) is 1.47. The normalized spacial score (nSPS) is 28.0. The molecular formula is C27H32ClFN2O3. The molecule has 4 bridgehead atoms. The molecule has 7 heteroatoms. The van der Waals surface area contributed by atoms with Gasteiger partial charge in [-0.15, -0.1) is 0 Å². The van der Waals surface area contributed by atoms with E-state index in [4.69, 9.17) is 16.3 Å². The van der Waals surface area contributed by atoms with Crippen molar-refractivity contribution in [3.05, 3.63) is 58.9 Å². The van der Waals surface area contributed by atoms with E-state index >= 15 is 0 Å². The van der Waals surface area contributed by atoms with Gasteiger partial charge in [-0.25, -0.2) is 4.39 Å². The van der Waals surface area contributed by atoms with Crippen LogP contribution in [0.4, 0.5) is 10.1 Å². The minimum absolute atomic E-state index is 0.0618. The van der Waals surface area contributed by atoms with Crippen molar-refractivity contribution >= 4 is 23.2 Å². The van der Waals surface area contributed by atoms with Crippen LogP contribution in [0.1, 0.15) is 48.9 Å². The van der Waals surface area contributed by atoms with E-state index in [0.29, 0.717) is 28.4 Å². The topological polar surface area (TPSA) is 70.6 Å². The smallest absolute Gasteiger partial charge is 0.259 e. The first-order chi connectivity index (χ1) is 16.4.